The van der Waals surface area contributed by atoms with Crippen LogP contribution in [0, 0.1) is 0 Å². The van der Waals surface area contributed by atoms with E-state index in [0.29, 0.717) is 11.5 Å². The van der Waals surface area contributed by atoms with Gasteiger partial charge in [-0.05, 0) is 34.4 Å². The second kappa shape index (κ2) is 5.05. The summed E-state index contributed by atoms with van der Waals surface area (Å²) in [4.78, 5) is 22.5. The Morgan fingerprint density at radius 2 is 1.81 bits per heavy atom. The predicted molar refractivity (Wildman–Crippen MR) is 79.4 cm³/mol. The van der Waals surface area contributed by atoms with Crippen LogP contribution in [-0.2, 0) is 4.79 Å². The van der Waals surface area contributed by atoms with E-state index in [2.05, 4.69) is 24.4 Å². The molecule has 1 unspecified atom stereocenters. The number of carboxylic acid groups (broad SMARTS) is 1. The number of amides is 1. The minimum Gasteiger partial charge on any atom is -0.480 e. The summed E-state index contributed by atoms with van der Waals surface area (Å²) in [5.74, 6) is -1.10. The Labute approximate surface area is 122 Å². The molecule has 3 rings (SSSR count). The molecule has 1 aliphatic rings. The average Bonchev–Trinajstić information content (AvgIpc) is 2.78. The number of benzene rings is 2. The highest BCUT2D eigenvalue weighted by Gasteiger charge is 2.25. The normalized spacial score (nSPS) is 15.2. The summed E-state index contributed by atoms with van der Waals surface area (Å²) in [5, 5.41) is 11.0. The maximum absolute atomic E-state index is 12.0. The molecule has 4 nitrogen and oxygen atoms in total. The van der Waals surface area contributed by atoms with Gasteiger partial charge in [-0.2, -0.15) is 0 Å². The van der Waals surface area contributed by atoms with Crippen molar-refractivity contribution in [1.29, 1.82) is 0 Å². The van der Waals surface area contributed by atoms with Crippen molar-refractivity contribution < 1.29 is 14.7 Å². The van der Waals surface area contributed by atoms with Crippen molar-refractivity contribution >= 4 is 11.9 Å². The highest BCUT2D eigenvalue weighted by Crippen LogP contribution is 2.44. The zero-order chi connectivity index (χ0) is 15.0. The van der Waals surface area contributed by atoms with Gasteiger partial charge in [0, 0.05) is 11.5 Å². The molecular weight excluding hydrogens is 266 g/mol. The topological polar surface area (TPSA) is 66.4 Å². The van der Waals surface area contributed by atoms with Crippen LogP contribution in [0.1, 0.15) is 34.3 Å². The summed E-state index contributed by atoms with van der Waals surface area (Å²) < 4.78 is 0. The lowest BCUT2D eigenvalue weighted by Crippen LogP contribution is -2.29. The Hall–Kier alpha value is -2.62. The van der Waals surface area contributed by atoms with Crippen LogP contribution in [0.3, 0.4) is 0 Å². The SMILES string of the molecule is CC1c2ccccc2-c2cc(C(=O)NCC(=O)O)ccc21. The van der Waals surface area contributed by atoms with E-state index in [1.807, 2.05) is 24.3 Å². The molecule has 0 aromatic heterocycles. The van der Waals surface area contributed by atoms with Crippen LogP contribution in [0.15, 0.2) is 42.5 Å². The molecule has 21 heavy (non-hydrogen) atoms. The van der Waals surface area contributed by atoms with Crippen molar-refractivity contribution in [2.24, 2.45) is 0 Å². The molecule has 0 saturated carbocycles. The van der Waals surface area contributed by atoms with E-state index in [0.717, 1.165) is 11.1 Å². The van der Waals surface area contributed by atoms with Crippen LogP contribution >= 0.6 is 0 Å². The molecule has 2 aromatic rings. The first-order valence-corrected chi connectivity index (χ1v) is 6.81. The van der Waals surface area contributed by atoms with Crippen LogP contribution in [0.2, 0.25) is 0 Å². The van der Waals surface area contributed by atoms with Gasteiger partial charge < -0.3 is 10.4 Å². The molecule has 0 spiro atoms. The fourth-order valence-electron chi connectivity index (χ4n) is 2.85. The second-order valence-electron chi connectivity index (χ2n) is 5.19. The Morgan fingerprint density at radius 1 is 1.10 bits per heavy atom. The molecule has 0 bridgehead atoms. The van der Waals surface area contributed by atoms with Gasteiger partial charge in [0.05, 0.1) is 0 Å². The Balaban J connectivity index is 1.97. The number of carbonyl (C=O) groups is 2. The van der Waals surface area contributed by atoms with Crippen molar-refractivity contribution in [2.75, 3.05) is 6.54 Å². The first kappa shape index (κ1) is 13.4. The van der Waals surface area contributed by atoms with Gasteiger partial charge in [0.1, 0.15) is 6.54 Å². The lowest BCUT2D eigenvalue weighted by molar-refractivity contribution is -0.135. The van der Waals surface area contributed by atoms with Crippen LogP contribution in [0.25, 0.3) is 11.1 Å². The van der Waals surface area contributed by atoms with Gasteiger partial charge in [-0.25, -0.2) is 0 Å². The smallest absolute Gasteiger partial charge is 0.322 e. The molecule has 4 heteroatoms. The fourth-order valence-corrected chi connectivity index (χ4v) is 2.85. The minimum absolute atomic E-state index is 0.312. The molecule has 1 aliphatic carbocycles. The van der Waals surface area contributed by atoms with Crippen molar-refractivity contribution in [3.63, 3.8) is 0 Å². The van der Waals surface area contributed by atoms with Crippen LogP contribution in [0.5, 0.6) is 0 Å². The number of hydrogen-bond acceptors (Lipinski definition) is 2. The quantitative estimate of drug-likeness (QED) is 0.909. The van der Waals surface area contributed by atoms with E-state index >= 15 is 0 Å². The van der Waals surface area contributed by atoms with E-state index in [-0.39, 0.29) is 12.5 Å². The zero-order valence-electron chi connectivity index (χ0n) is 11.6. The lowest BCUT2D eigenvalue weighted by Gasteiger charge is -2.07. The van der Waals surface area contributed by atoms with E-state index < -0.39 is 5.97 Å². The van der Waals surface area contributed by atoms with Gasteiger partial charge in [0.2, 0.25) is 0 Å². The third-order valence-electron chi connectivity index (χ3n) is 3.90. The highest BCUT2D eigenvalue weighted by atomic mass is 16.4. The van der Waals surface area contributed by atoms with E-state index in [9.17, 15) is 9.59 Å². The van der Waals surface area contributed by atoms with Crippen molar-refractivity contribution in [1.82, 2.24) is 5.32 Å². The monoisotopic (exact) mass is 281 g/mol. The molecule has 2 aromatic carbocycles. The number of aliphatic carboxylic acids is 1. The molecular formula is C17H15NO3. The van der Waals surface area contributed by atoms with Crippen LogP contribution in [0.4, 0.5) is 0 Å². The predicted octanol–water partition coefficient (Wildman–Crippen LogP) is 2.63. The summed E-state index contributed by atoms with van der Waals surface area (Å²) in [5.41, 5.74) is 5.15. The summed E-state index contributed by atoms with van der Waals surface area (Å²) >= 11 is 0. The Kier molecular flexibility index (Phi) is 3.22. The molecule has 0 aliphatic heterocycles. The maximum atomic E-state index is 12.0. The molecule has 0 radical (unpaired) electrons. The summed E-state index contributed by atoms with van der Waals surface area (Å²) in [6, 6.07) is 13.7. The van der Waals surface area contributed by atoms with Gasteiger partial charge in [-0.15, -0.1) is 0 Å². The van der Waals surface area contributed by atoms with E-state index in [1.165, 1.54) is 11.1 Å². The minimum atomic E-state index is -1.05. The molecule has 1 atom stereocenters. The van der Waals surface area contributed by atoms with Crippen LogP contribution < -0.4 is 5.32 Å². The summed E-state index contributed by atoms with van der Waals surface area (Å²) in [7, 11) is 0. The number of fused-ring (bicyclic) bond motifs is 3. The number of carbonyl (C=O) groups excluding carboxylic acids is 1. The van der Waals surface area contributed by atoms with Crippen molar-refractivity contribution in [3.8, 4) is 11.1 Å². The average molecular weight is 281 g/mol. The number of rotatable bonds is 3. The zero-order valence-corrected chi connectivity index (χ0v) is 11.6. The third kappa shape index (κ3) is 2.29. The molecule has 1 amide bonds. The van der Waals surface area contributed by atoms with Gasteiger partial charge in [-0.1, -0.05) is 37.3 Å². The number of nitrogens with one attached hydrogen (secondary N) is 1. The van der Waals surface area contributed by atoms with E-state index in [4.69, 9.17) is 5.11 Å². The molecule has 0 heterocycles. The van der Waals surface area contributed by atoms with Gasteiger partial charge in [-0.3, -0.25) is 9.59 Å². The molecule has 0 saturated heterocycles. The number of hydrogen-bond donors (Lipinski definition) is 2. The maximum Gasteiger partial charge on any atom is 0.322 e. The molecule has 2 N–H and O–H groups in total. The Bertz CT molecular complexity index is 737. The molecule has 0 fully saturated rings. The second-order valence-corrected chi connectivity index (χ2v) is 5.19. The first-order valence-electron chi connectivity index (χ1n) is 6.81. The van der Waals surface area contributed by atoms with Crippen LogP contribution in [-0.4, -0.2) is 23.5 Å². The Morgan fingerprint density at radius 3 is 2.57 bits per heavy atom. The first-order chi connectivity index (χ1) is 10.1. The standard InChI is InChI=1S/C17H15NO3/c1-10-12-4-2-3-5-14(12)15-8-11(6-7-13(10)15)17(21)18-9-16(19)20/h2-8,10H,9H2,1H3,(H,18,21)(H,19,20). The molecule has 106 valence electrons. The van der Waals surface area contributed by atoms with Crippen molar-refractivity contribution in [3.05, 3.63) is 59.2 Å². The van der Waals surface area contributed by atoms with Gasteiger partial charge >= 0.3 is 5.97 Å². The fraction of sp³-hybridized carbons (Fsp3) is 0.176. The lowest BCUT2D eigenvalue weighted by atomic mass is 9.98. The van der Waals surface area contributed by atoms with Crippen molar-refractivity contribution in [2.45, 2.75) is 12.8 Å². The van der Waals surface area contributed by atoms with Gasteiger partial charge in [0.25, 0.3) is 5.91 Å². The largest absolute Gasteiger partial charge is 0.480 e. The highest BCUT2D eigenvalue weighted by molar-refractivity contribution is 5.97. The van der Waals surface area contributed by atoms with E-state index in [1.54, 1.807) is 6.07 Å². The third-order valence-corrected chi connectivity index (χ3v) is 3.90. The summed E-state index contributed by atoms with van der Waals surface area (Å²) in [6.07, 6.45) is 0. The summed E-state index contributed by atoms with van der Waals surface area (Å²) in [6.45, 7) is 1.78. The number of carboxylic acids is 1. The van der Waals surface area contributed by atoms with Gasteiger partial charge in [0.15, 0.2) is 0 Å².